The van der Waals surface area contributed by atoms with Crippen molar-refractivity contribution in [3.63, 3.8) is 0 Å². The molecule has 1 amide bonds. The van der Waals surface area contributed by atoms with E-state index in [9.17, 15) is 39.9 Å². The summed E-state index contributed by atoms with van der Waals surface area (Å²) in [6.07, 6.45) is -12.6. The van der Waals surface area contributed by atoms with Crippen molar-refractivity contribution in [1.29, 1.82) is 0 Å². The number of alkyl halides is 6. The minimum Gasteiger partial charge on any atom is -0.496 e. The number of rotatable bonds is 6. The molecule has 0 aromatic heterocycles. The zero-order valence-corrected chi connectivity index (χ0v) is 22.3. The minimum absolute atomic E-state index is 0.00496. The van der Waals surface area contributed by atoms with Gasteiger partial charge in [0.15, 0.2) is 0 Å². The third kappa shape index (κ3) is 6.11. The molecule has 220 valence electrons. The Hall–Kier alpha value is -3.83. The minimum atomic E-state index is -5.08. The van der Waals surface area contributed by atoms with Gasteiger partial charge in [-0.3, -0.25) is 4.90 Å². The molecule has 0 N–H and O–H groups in total. The number of ether oxygens (including phenoxy) is 2. The second-order valence-electron chi connectivity index (χ2n) is 10.0. The fourth-order valence-corrected chi connectivity index (χ4v) is 4.82. The standard InChI is InChI=1S/C29H25F8NO3/c1-14(2)21-11-23(25(40-4)12-24(21)31)22-10-20(30)6-5-16(22)13-38-15(3)26(41-27(38)39)17-7-18(28(32,33)34)9-19(8-17)29(35,36)37/h5-12,14-15,26H,13H2,1-4H3/t15-,26-/m0/s1. The average molecular weight is 588 g/mol. The van der Waals surface area contributed by atoms with Crippen molar-refractivity contribution < 1.29 is 49.4 Å². The van der Waals surface area contributed by atoms with Crippen LogP contribution in [0.2, 0.25) is 0 Å². The van der Waals surface area contributed by atoms with Crippen LogP contribution in [0.3, 0.4) is 0 Å². The summed E-state index contributed by atoms with van der Waals surface area (Å²) in [5, 5.41) is 0. The van der Waals surface area contributed by atoms with Crippen LogP contribution >= 0.6 is 0 Å². The number of benzene rings is 3. The lowest BCUT2D eigenvalue weighted by Crippen LogP contribution is -2.31. The van der Waals surface area contributed by atoms with E-state index in [-0.39, 0.29) is 29.8 Å². The number of amides is 1. The number of methoxy groups -OCH3 is 1. The molecule has 0 radical (unpaired) electrons. The van der Waals surface area contributed by atoms with Gasteiger partial charge in [-0.2, -0.15) is 26.3 Å². The van der Waals surface area contributed by atoms with E-state index in [0.29, 0.717) is 28.8 Å². The maximum atomic E-state index is 14.6. The molecule has 1 fully saturated rings. The fraction of sp³-hybridized carbons (Fsp3) is 0.345. The largest absolute Gasteiger partial charge is 0.496 e. The number of nitrogens with zero attached hydrogens (tertiary/aromatic N) is 1. The van der Waals surface area contributed by atoms with Crippen molar-refractivity contribution in [2.24, 2.45) is 0 Å². The SMILES string of the molecule is COc1cc(F)c(C(C)C)cc1-c1cc(F)ccc1CN1C(=O)O[C@H](c2cc(C(F)(F)F)cc(C(F)(F)F)c2)[C@@H]1C. The van der Waals surface area contributed by atoms with Crippen LogP contribution in [-0.2, 0) is 23.6 Å². The molecular weight excluding hydrogens is 562 g/mol. The highest BCUT2D eigenvalue weighted by molar-refractivity contribution is 5.76. The number of halogens is 8. The molecule has 1 saturated heterocycles. The first-order valence-corrected chi connectivity index (χ1v) is 12.4. The molecule has 3 aromatic rings. The summed E-state index contributed by atoms with van der Waals surface area (Å²) in [5.41, 5.74) is -2.27. The van der Waals surface area contributed by atoms with Gasteiger partial charge >= 0.3 is 18.4 Å². The molecule has 0 unspecified atom stereocenters. The first kappa shape index (κ1) is 30.1. The van der Waals surface area contributed by atoms with Crippen molar-refractivity contribution in [2.45, 2.75) is 57.7 Å². The Balaban J connectivity index is 1.75. The fourth-order valence-electron chi connectivity index (χ4n) is 4.82. The van der Waals surface area contributed by atoms with E-state index < -0.39 is 58.9 Å². The second kappa shape index (κ2) is 10.9. The van der Waals surface area contributed by atoms with Gasteiger partial charge in [-0.1, -0.05) is 19.9 Å². The van der Waals surface area contributed by atoms with Gasteiger partial charge in [0.25, 0.3) is 0 Å². The average Bonchev–Trinajstić information content (AvgIpc) is 3.16. The Morgan fingerprint density at radius 2 is 1.51 bits per heavy atom. The van der Waals surface area contributed by atoms with Gasteiger partial charge < -0.3 is 9.47 Å². The zero-order valence-electron chi connectivity index (χ0n) is 22.3. The summed E-state index contributed by atoms with van der Waals surface area (Å²) >= 11 is 0. The quantitative estimate of drug-likeness (QED) is 0.271. The highest BCUT2D eigenvalue weighted by Gasteiger charge is 2.43. The van der Waals surface area contributed by atoms with Gasteiger partial charge in [0.05, 0.1) is 30.8 Å². The Morgan fingerprint density at radius 1 is 0.902 bits per heavy atom. The topological polar surface area (TPSA) is 38.8 Å². The number of carbonyl (C=O) groups excluding carboxylic acids is 1. The molecule has 12 heteroatoms. The molecule has 4 rings (SSSR count). The van der Waals surface area contributed by atoms with E-state index in [4.69, 9.17) is 9.47 Å². The zero-order chi connectivity index (χ0) is 30.4. The predicted molar refractivity (Wildman–Crippen MR) is 133 cm³/mol. The molecule has 41 heavy (non-hydrogen) atoms. The van der Waals surface area contributed by atoms with Crippen molar-refractivity contribution in [1.82, 2.24) is 4.90 Å². The Morgan fingerprint density at radius 3 is 2.05 bits per heavy atom. The van der Waals surface area contributed by atoms with E-state index in [1.807, 2.05) is 0 Å². The number of cyclic esters (lactones) is 1. The smallest absolute Gasteiger partial charge is 0.416 e. The summed E-state index contributed by atoms with van der Waals surface area (Å²) < 4.78 is 120. The van der Waals surface area contributed by atoms with Gasteiger partial charge in [0.1, 0.15) is 23.5 Å². The lowest BCUT2D eigenvalue weighted by atomic mass is 9.92. The first-order chi connectivity index (χ1) is 19.0. The molecule has 2 atom stereocenters. The molecule has 1 heterocycles. The van der Waals surface area contributed by atoms with Crippen LogP contribution in [0.1, 0.15) is 60.6 Å². The van der Waals surface area contributed by atoms with Crippen LogP contribution in [-0.4, -0.2) is 24.1 Å². The molecule has 3 aromatic carbocycles. The van der Waals surface area contributed by atoms with E-state index in [0.717, 1.165) is 17.0 Å². The van der Waals surface area contributed by atoms with Crippen LogP contribution in [0.4, 0.5) is 39.9 Å². The number of hydrogen-bond acceptors (Lipinski definition) is 3. The van der Waals surface area contributed by atoms with E-state index >= 15 is 0 Å². The summed E-state index contributed by atoms with van der Waals surface area (Å²) in [7, 11) is 1.31. The number of hydrogen-bond donors (Lipinski definition) is 0. The molecule has 0 saturated carbocycles. The number of carbonyl (C=O) groups is 1. The van der Waals surface area contributed by atoms with Crippen LogP contribution in [0.5, 0.6) is 5.75 Å². The second-order valence-corrected chi connectivity index (χ2v) is 10.0. The van der Waals surface area contributed by atoms with Crippen molar-refractivity contribution in [3.8, 4) is 16.9 Å². The normalized spacial score (nSPS) is 17.8. The predicted octanol–water partition coefficient (Wildman–Crippen LogP) is 8.88. The molecule has 4 nitrogen and oxygen atoms in total. The summed E-state index contributed by atoms with van der Waals surface area (Å²) in [5.74, 6) is -1.31. The molecule has 0 bridgehead atoms. The monoisotopic (exact) mass is 587 g/mol. The third-order valence-electron chi connectivity index (χ3n) is 6.97. The summed E-state index contributed by atoms with van der Waals surface area (Å²) in [6, 6.07) is 6.37. The van der Waals surface area contributed by atoms with Crippen LogP contribution < -0.4 is 4.74 Å². The maximum absolute atomic E-state index is 14.6. The van der Waals surface area contributed by atoms with Crippen molar-refractivity contribution in [2.75, 3.05) is 7.11 Å². The Bertz CT molecular complexity index is 1430. The van der Waals surface area contributed by atoms with E-state index in [1.54, 1.807) is 13.8 Å². The van der Waals surface area contributed by atoms with Crippen LogP contribution in [0.15, 0.2) is 48.5 Å². The van der Waals surface area contributed by atoms with E-state index in [2.05, 4.69) is 0 Å². The highest BCUT2D eigenvalue weighted by Crippen LogP contribution is 2.42. The van der Waals surface area contributed by atoms with Crippen molar-refractivity contribution in [3.05, 3.63) is 88.0 Å². The van der Waals surface area contributed by atoms with Crippen molar-refractivity contribution >= 4 is 6.09 Å². The molecular formula is C29H25F8NO3. The van der Waals surface area contributed by atoms with Crippen LogP contribution in [0, 0.1) is 11.6 Å². The third-order valence-corrected chi connectivity index (χ3v) is 6.97. The lowest BCUT2D eigenvalue weighted by Gasteiger charge is -2.24. The summed E-state index contributed by atoms with van der Waals surface area (Å²) in [4.78, 5) is 14.0. The van der Waals surface area contributed by atoms with Gasteiger partial charge in [-0.25, -0.2) is 13.6 Å². The maximum Gasteiger partial charge on any atom is 0.416 e. The summed E-state index contributed by atoms with van der Waals surface area (Å²) in [6.45, 7) is 4.71. The molecule has 1 aliphatic rings. The first-order valence-electron chi connectivity index (χ1n) is 12.4. The molecule has 0 aliphatic carbocycles. The molecule has 0 spiro atoms. The van der Waals surface area contributed by atoms with Gasteiger partial charge in [0.2, 0.25) is 0 Å². The highest BCUT2D eigenvalue weighted by atomic mass is 19.4. The van der Waals surface area contributed by atoms with E-state index in [1.165, 1.54) is 32.2 Å². The Kier molecular flexibility index (Phi) is 7.99. The van der Waals surface area contributed by atoms with Gasteiger partial charge in [0, 0.05) is 11.6 Å². The van der Waals surface area contributed by atoms with Gasteiger partial charge in [-0.05, 0) is 71.5 Å². The van der Waals surface area contributed by atoms with Gasteiger partial charge in [-0.15, -0.1) is 0 Å². The molecule has 1 aliphatic heterocycles. The Labute approximate surface area is 230 Å². The lowest BCUT2D eigenvalue weighted by molar-refractivity contribution is -0.143. The van der Waals surface area contributed by atoms with Crippen LogP contribution in [0.25, 0.3) is 11.1 Å².